The molecular formula is C14H14FNO3. The second-order valence-corrected chi connectivity index (χ2v) is 4.57. The van der Waals surface area contributed by atoms with Crippen molar-refractivity contribution in [2.45, 2.75) is 20.3 Å². The maximum absolute atomic E-state index is 13.8. The number of rotatable bonds is 3. The Bertz CT molecular complexity index is 578. The summed E-state index contributed by atoms with van der Waals surface area (Å²) in [5.41, 5.74) is -0.395. The van der Waals surface area contributed by atoms with Crippen LogP contribution in [0.25, 0.3) is 0 Å². The van der Waals surface area contributed by atoms with Gasteiger partial charge in [-0.3, -0.25) is 10.1 Å². The maximum Gasteiger partial charge on any atom is 0.305 e. The Balaban J connectivity index is 2.30. The molecule has 1 aromatic carbocycles. The third-order valence-electron chi connectivity index (χ3n) is 2.98. The lowest BCUT2D eigenvalue weighted by Crippen LogP contribution is -2.03. The lowest BCUT2D eigenvalue weighted by Gasteiger charge is -2.14. The highest BCUT2D eigenvalue weighted by Gasteiger charge is 2.19. The number of hydrogen-bond acceptors (Lipinski definition) is 3. The summed E-state index contributed by atoms with van der Waals surface area (Å²) in [4.78, 5) is 9.88. The Hall–Kier alpha value is -2.17. The molecule has 2 rings (SSSR count). The van der Waals surface area contributed by atoms with E-state index in [2.05, 4.69) is 6.92 Å². The average molecular weight is 263 g/mol. The minimum atomic E-state index is -0.851. The molecule has 0 bridgehead atoms. The molecule has 0 spiro atoms. The van der Waals surface area contributed by atoms with Crippen LogP contribution in [-0.2, 0) is 0 Å². The molecule has 100 valence electrons. The number of halogens is 1. The van der Waals surface area contributed by atoms with Crippen molar-refractivity contribution in [2.24, 2.45) is 5.92 Å². The van der Waals surface area contributed by atoms with Gasteiger partial charge in [0.15, 0.2) is 0 Å². The molecule has 0 fully saturated rings. The summed E-state index contributed by atoms with van der Waals surface area (Å²) in [6.45, 7) is 3.52. The summed E-state index contributed by atoms with van der Waals surface area (Å²) in [7, 11) is 0. The van der Waals surface area contributed by atoms with Crippen LogP contribution in [-0.4, -0.2) is 4.92 Å². The van der Waals surface area contributed by atoms with E-state index in [0.717, 1.165) is 12.5 Å². The van der Waals surface area contributed by atoms with Crippen LogP contribution in [0.4, 0.5) is 10.1 Å². The molecule has 0 radical (unpaired) electrons. The first kappa shape index (κ1) is 13.3. The topological polar surface area (TPSA) is 52.4 Å². The van der Waals surface area contributed by atoms with E-state index < -0.39 is 16.4 Å². The second-order valence-electron chi connectivity index (χ2n) is 4.57. The summed E-state index contributed by atoms with van der Waals surface area (Å²) in [6, 6.07) is 2.54. The summed E-state index contributed by atoms with van der Waals surface area (Å²) < 4.78 is 19.4. The molecule has 0 aromatic heterocycles. The van der Waals surface area contributed by atoms with Gasteiger partial charge in [0.2, 0.25) is 5.82 Å². The minimum Gasteiger partial charge on any atom is -0.457 e. The fraction of sp³-hybridized carbons (Fsp3) is 0.286. The molecule has 1 atom stereocenters. The van der Waals surface area contributed by atoms with Crippen molar-refractivity contribution in [2.75, 3.05) is 0 Å². The van der Waals surface area contributed by atoms with E-state index in [1.54, 1.807) is 0 Å². The quantitative estimate of drug-likeness (QED) is 0.613. The van der Waals surface area contributed by atoms with Crippen LogP contribution in [0.3, 0.4) is 0 Å². The van der Waals surface area contributed by atoms with E-state index in [4.69, 9.17) is 4.74 Å². The highest BCUT2D eigenvalue weighted by molar-refractivity contribution is 5.46. The van der Waals surface area contributed by atoms with Crippen LogP contribution in [0.1, 0.15) is 18.9 Å². The van der Waals surface area contributed by atoms with Crippen LogP contribution >= 0.6 is 0 Å². The van der Waals surface area contributed by atoms with E-state index in [1.807, 2.05) is 18.2 Å². The number of hydrogen-bond donors (Lipinski definition) is 0. The Morgan fingerprint density at radius 2 is 2.21 bits per heavy atom. The number of nitro groups is 1. The molecule has 1 unspecified atom stereocenters. The third kappa shape index (κ3) is 2.81. The van der Waals surface area contributed by atoms with Gasteiger partial charge in [-0.15, -0.1) is 0 Å². The van der Waals surface area contributed by atoms with E-state index in [0.29, 0.717) is 17.4 Å². The monoisotopic (exact) mass is 263 g/mol. The molecule has 0 saturated carbocycles. The minimum absolute atomic E-state index is 0.140. The first-order valence-corrected chi connectivity index (χ1v) is 5.98. The lowest BCUT2D eigenvalue weighted by atomic mass is 10.0. The van der Waals surface area contributed by atoms with Crippen molar-refractivity contribution < 1.29 is 14.1 Å². The van der Waals surface area contributed by atoms with Gasteiger partial charge in [0, 0.05) is 11.6 Å². The smallest absolute Gasteiger partial charge is 0.305 e. The Labute approximate surface area is 110 Å². The summed E-state index contributed by atoms with van der Waals surface area (Å²) in [5, 5.41) is 10.6. The van der Waals surface area contributed by atoms with E-state index in [1.165, 1.54) is 13.0 Å². The van der Waals surface area contributed by atoms with Crippen LogP contribution in [0.5, 0.6) is 5.75 Å². The number of benzene rings is 1. The Morgan fingerprint density at radius 3 is 2.84 bits per heavy atom. The highest BCUT2D eigenvalue weighted by atomic mass is 19.1. The number of ether oxygens (including phenoxy) is 1. The lowest BCUT2D eigenvalue weighted by molar-refractivity contribution is -0.387. The highest BCUT2D eigenvalue weighted by Crippen LogP contribution is 2.30. The van der Waals surface area contributed by atoms with Gasteiger partial charge in [0.05, 0.1) is 4.92 Å². The molecule has 1 aliphatic rings. The molecule has 0 amide bonds. The van der Waals surface area contributed by atoms with E-state index in [-0.39, 0.29) is 5.56 Å². The number of allylic oxidation sites excluding steroid dienone is 3. The second kappa shape index (κ2) is 5.22. The van der Waals surface area contributed by atoms with Gasteiger partial charge in [0.1, 0.15) is 11.5 Å². The van der Waals surface area contributed by atoms with E-state index in [9.17, 15) is 14.5 Å². The zero-order chi connectivity index (χ0) is 14.0. The van der Waals surface area contributed by atoms with Crippen LogP contribution < -0.4 is 4.74 Å². The van der Waals surface area contributed by atoms with Gasteiger partial charge in [-0.1, -0.05) is 13.0 Å². The fourth-order valence-corrected chi connectivity index (χ4v) is 1.90. The molecular weight excluding hydrogens is 249 g/mol. The Morgan fingerprint density at radius 1 is 1.47 bits per heavy atom. The van der Waals surface area contributed by atoms with Gasteiger partial charge in [-0.2, -0.15) is 4.39 Å². The zero-order valence-corrected chi connectivity index (χ0v) is 10.7. The van der Waals surface area contributed by atoms with Gasteiger partial charge in [-0.25, -0.2) is 0 Å². The van der Waals surface area contributed by atoms with Gasteiger partial charge >= 0.3 is 5.69 Å². The van der Waals surface area contributed by atoms with Crippen molar-refractivity contribution in [3.8, 4) is 5.75 Å². The molecule has 1 aliphatic carbocycles. The standard InChI is InChI=1S/C14H14FNO3/c1-9-4-3-5-11(8-9)19-13-7-6-12(16(17)18)14(15)10(13)2/h3,5-9H,4H2,1-2H3. The van der Waals surface area contributed by atoms with Crippen molar-refractivity contribution in [1.82, 2.24) is 0 Å². The van der Waals surface area contributed by atoms with Crippen LogP contribution in [0.15, 0.2) is 36.1 Å². The molecule has 5 heteroatoms. The normalized spacial score (nSPS) is 18.1. The molecule has 19 heavy (non-hydrogen) atoms. The maximum atomic E-state index is 13.8. The molecule has 4 nitrogen and oxygen atoms in total. The van der Waals surface area contributed by atoms with E-state index >= 15 is 0 Å². The largest absolute Gasteiger partial charge is 0.457 e. The van der Waals surface area contributed by atoms with Crippen molar-refractivity contribution in [3.63, 3.8) is 0 Å². The van der Waals surface area contributed by atoms with Gasteiger partial charge in [-0.05, 0) is 37.5 Å². The SMILES string of the molecule is Cc1c(OC2=CC(C)CC=C2)ccc([N+](=O)[O-])c1F. The van der Waals surface area contributed by atoms with Gasteiger partial charge < -0.3 is 4.74 Å². The molecule has 0 aliphatic heterocycles. The summed E-state index contributed by atoms with van der Waals surface area (Å²) in [5.74, 6) is 0.447. The zero-order valence-electron chi connectivity index (χ0n) is 10.7. The molecule has 1 aromatic rings. The number of nitro benzene ring substituents is 1. The fourth-order valence-electron chi connectivity index (χ4n) is 1.90. The summed E-state index contributed by atoms with van der Waals surface area (Å²) >= 11 is 0. The molecule has 0 N–H and O–H groups in total. The van der Waals surface area contributed by atoms with Crippen LogP contribution in [0, 0.1) is 28.8 Å². The predicted molar refractivity (Wildman–Crippen MR) is 69.4 cm³/mol. The first-order chi connectivity index (χ1) is 8.99. The summed E-state index contributed by atoms with van der Waals surface area (Å²) in [6.07, 6.45) is 6.69. The predicted octanol–water partition coefficient (Wildman–Crippen LogP) is 3.90. The molecule has 0 saturated heterocycles. The number of nitrogens with zero attached hydrogens (tertiary/aromatic N) is 1. The van der Waals surface area contributed by atoms with Crippen molar-refractivity contribution >= 4 is 5.69 Å². The first-order valence-electron chi connectivity index (χ1n) is 5.98. The molecule has 0 heterocycles. The van der Waals surface area contributed by atoms with Gasteiger partial charge in [0.25, 0.3) is 0 Å². The van der Waals surface area contributed by atoms with Crippen molar-refractivity contribution in [1.29, 1.82) is 0 Å². The van der Waals surface area contributed by atoms with Crippen LogP contribution in [0.2, 0.25) is 0 Å². The third-order valence-corrected chi connectivity index (χ3v) is 2.98. The average Bonchev–Trinajstić information content (AvgIpc) is 2.35. The van der Waals surface area contributed by atoms with Crippen molar-refractivity contribution in [3.05, 3.63) is 57.6 Å². The Kier molecular flexibility index (Phi) is 3.64.